The molecule has 2 N–H and O–H groups in total. The lowest BCUT2D eigenvalue weighted by atomic mass is 10.2. The van der Waals surface area contributed by atoms with Crippen molar-refractivity contribution in [1.82, 2.24) is 0 Å². The maximum absolute atomic E-state index is 12.2. The van der Waals surface area contributed by atoms with Crippen molar-refractivity contribution in [3.63, 3.8) is 0 Å². The van der Waals surface area contributed by atoms with Crippen molar-refractivity contribution in [2.24, 2.45) is 0 Å². The number of ether oxygens (including phenoxy) is 2. The highest BCUT2D eigenvalue weighted by molar-refractivity contribution is 8.00. The molecule has 1 heterocycles. The summed E-state index contributed by atoms with van der Waals surface area (Å²) in [6.07, 6.45) is 0. The fourth-order valence-electron chi connectivity index (χ4n) is 2.53. The van der Waals surface area contributed by atoms with Crippen molar-refractivity contribution in [2.75, 3.05) is 29.6 Å². The summed E-state index contributed by atoms with van der Waals surface area (Å²) in [6, 6.07) is 11.0. The van der Waals surface area contributed by atoms with Gasteiger partial charge in [-0.3, -0.25) is 9.59 Å². The summed E-state index contributed by atoms with van der Waals surface area (Å²) in [5.74, 6) is -1.45. The van der Waals surface area contributed by atoms with E-state index in [2.05, 4.69) is 10.6 Å². The number of amides is 2. The first-order chi connectivity index (χ1) is 14.0. The monoisotopic (exact) mass is 414 g/mol. The van der Waals surface area contributed by atoms with E-state index < -0.39 is 24.5 Å². The maximum atomic E-state index is 12.2. The van der Waals surface area contributed by atoms with Crippen LogP contribution in [-0.2, 0) is 19.1 Å². The molecule has 0 aliphatic carbocycles. The molecule has 0 aromatic heterocycles. The van der Waals surface area contributed by atoms with Gasteiger partial charge in [-0.1, -0.05) is 0 Å². The maximum Gasteiger partial charge on any atom is 0.338 e. The van der Waals surface area contributed by atoms with Crippen LogP contribution in [0.3, 0.4) is 0 Å². The first-order valence-electron chi connectivity index (χ1n) is 8.77. The third-order valence-corrected chi connectivity index (χ3v) is 4.94. The lowest BCUT2D eigenvalue weighted by molar-refractivity contribution is -0.119. The zero-order valence-electron chi connectivity index (χ0n) is 15.5. The number of thioether (sulfide) groups is 1. The Balaban J connectivity index is 1.53. The second-order valence-electron chi connectivity index (χ2n) is 5.97. The molecule has 3 rings (SSSR count). The number of nitrogens with one attached hydrogen (secondary N) is 2. The molecule has 150 valence electrons. The molecular formula is C20H18N2O6S. The van der Waals surface area contributed by atoms with E-state index in [1.807, 2.05) is 0 Å². The first-order valence-corrected chi connectivity index (χ1v) is 9.75. The molecule has 0 saturated carbocycles. The minimum absolute atomic E-state index is 0.138. The van der Waals surface area contributed by atoms with Crippen LogP contribution in [0.25, 0.3) is 0 Å². The molecule has 2 aromatic carbocycles. The van der Waals surface area contributed by atoms with E-state index in [0.29, 0.717) is 22.7 Å². The van der Waals surface area contributed by atoms with Gasteiger partial charge in [0, 0.05) is 10.6 Å². The minimum Gasteiger partial charge on any atom is -0.462 e. The fourth-order valence-corrected chi connectivity index (χ4v) is 3.31. The van der Waals surface area contributed by atoms with Gasteiger partial charge in [0.25, 0.3) is 5.91 Å². The van der Waals surface area contributed by atoms with Gasteiger partial charge in [0.2, 0.25) is 5.91 Å². The SMILES string of the molecule is CCOC(=O)c1ccc(NC(=O)COC(=O)c2ccc3c(c2)NC(=O)CS3)cc1. The third-order valence-electron chi connectivity index (χ3n) is 3.86. The predicted molar refractivity (Wildman–Crippen MR) is 107 cm³/mol. The average Bonchev–Trinajstić information content (AvgIpc) is 2.72. The standard InChI is InChI=1S/C20H18N2O6S/c1-2-27-19(25)12-3-6-14(7-4-12)21-17(23)10-28-20(26)13-5-8-16-15(9-13)22-18(24)11-29-16/h3-9H,2,10-11H2,1H3,(H,21,23)(H,22,24). The van der Waals surface area contributed by atoms with Gasteiger partial charge >= 0.3 is 11.9 Å². The van der Waals surface area contributed by atoms with Crippen molar-refractivity contribution in [1.29, 1.82) is 0 Å². The zero-order chi connectivity index (χ0) is 20.8. The van der Waals surface area contributed by atoms with E-state index in [9.17, 15) is 19.2 Å². The van der Waals surface area contributed by atoms with Crippen molar-refractivity contribution >= 4 is 46.9 Å². The molecule has 0 bridgehead atoms. The van der Waals surface area contributed by atoms with Crippen molar-refractivity contribution in [3.05, 3.63) is 53.6 Å². The molecule has 2 aromatic rings. The molecule has 0 fully saturated rings. The lowest BCUT2D eigenvalue weighted by Gasteiger charge is -2.16. The molecule has 0 saturated heterocycles. The number of hydrogen-bond acceptors (Lipinski definition) is 7. The van der Waals surface area contributed by atoms with Crippen LogP contribution in [0.1, 0.15) is 27.6 Å². The van der Waals surface area contributed by atoms with E-state index >= 15 is 0 Å². The van der Waals surface area contributed by atoms with Crippen LogP contribution in [0, 0.1) is 0 Å². The first kappa shape index (κ1) is 20.4. The van der Waals surface area contributed by atoms with Crippen LogP contribution < -0.4 is 10.6 Å². The van der Waals surface area contributed by atoms with Gasteiger partial charge in [-0.25, -0.2) is 9.59 Å². The van der Waals surface area contributed by atoms with E-state index in [0.717, 1.165) is 4.90 Å². The highest BCUT2D eigenvalue weighted by Gasteiger charge is 2.18. The number of rotatable bonds is 6. The van der Waals surface area contributed by atoms with Gasteiger partial charge in [-0.05, 0) is 49.4 Å². The van der Waals surface area contributed by atoms with Crippen LogP contribution in [0.15, 0.2) is 47.4 Å². The Kier molecular flexibility index (Phi) is 6.50. The quantitative estimate of drug-likeness (QED) is 0.699. The van der Waals surface area contributed by atoms with Gasteiger partial charge in [-0.15, -0.1) is 11.8 Å². The van der Waals surface area contributed by atoms with Gasteiger partial charge < -0.3 is 20.1 Å². The molecule has 8 nitrogen and oxygen atoms in total. The summed E-state index contributed by atoms with van der Waals surface area (Å²) in [5.41, 5.74) is 1.60. The smallest absolute Gasteiger partial charge is 0.338 e. The van der Waals surface area contributed by atoms with E-state index in [1.165, 1.54) is 30.0 Å². The van der Waals surface area contributed by atoms with E-state index in [-0.39, 0.29) is 18.1 Å². The van der Waals surface area contributed by atoms with Crippen molar-refractivity contribution in [2.45, 2.75) is 11.8 Å². The van der Waals surface area contributed by atoms with Crippen molar-refractivity contribution in [3.8, 4) is 0 Å². The van der Waals surface area contributed by atoms with Crippen LogP contribution in [-0.4, -0.2) is 42.7 Å². The molecule has 0 radical (unpaired) electrons. The number of anilines is 2. The van der Waals surface area contributed by atoms with Crippen LogP contribution in [0.5, 0.6) is 0 Å². The highest BCUT2D eigenvalue weighted by Crippen LogP contribution is 2.32. The molecule has 0 spiro atoms. The van der Waals surface area contributed by atoms with Gasteiger partial charge in [0.1, 0.15) is 0 Å². The summed E-state index contributed by atoms with van der Waals surface area (Å²) in [5, 5.41) is 5.27. The molecule has 1 aliphatic rings. The van der Waals surface area contributed by atoms with E-state index in [1.54, 1.807) is 31.2 Å². The predicted octanol–water partition coefficient (Wildman–Crippen LogP) is 2.70. The number of esters is 2. The Morgan fingerprint density at radius 1 is 1.03 bits per heavy atom. The lowest BCUT2D eigenvalue weighted by Crippen LogP contribution is -2.22. The Labute approximate surface area is 170 Å². The largest absolute Gasteiger partial charge is 0.462 e. The Morgan fingerprint density at radius 3 is 2.45 bits per heavy atom. The third kappa shape index (κ3) is 5.35. The Bertz CT molecular complexity index is 958. The van der Waals surface area contributed by atoms with Crippen molar-refractivity contribution < 1.29 is 28.7 Å². The summed E-state index contributed by atoms with van der Waals surface area (Å²) in [4.78, 5) is 48.1. The molecule has 1 aliphatic heterocycles. The summed E-state index contributed by atoms with van der Waals surface area (Å²) < 4.78 is 9.92. The Hall–Kier alpha value is -3.33. The van der Waals surface area contributed by atoms with Crippen LogP contribution in [0.2, 0.25) is 0 Å². The molecule has 0 unspecified atom stereocenters. The van der Waals surface area contributed by atoms with Gasteiger partial charge in [-0.2, -0.15) is 0 Å². The zero-order valence-corrected chi connectivity index (χ0v) is 16.3. The topological polar surface area (TPSA) is 111 Å². The molecule has 9 heteroatoms. The number of carbonyl (C=O) groups is 4. The van der Waals surface area contributed by atoms with Gasteiger partial charge in [0.05, 0.1) is 29.2 Å². The second kappa shape index (κ2) is 9.24. The summed E-state index contributed by atoms with van der Waals surface area (Å²) in [6.45, 7) is 1.52. The number of fused-ring (bicyclic) bond motifs is 1. The van der Waals surface area contributed by atoms with Crippen LogP contribution >= 0.6 is 11.8 Å². The van der Waals surface area contributed by atoms with E-state index in [4.69, 9.17) is 9.47 Å². The van der Waals surface area contributed by atoms with Gasteiger partial charge in [0.15, 0.2) is 6.61 Å². The fraction of sp³-hybridized carbons (Fsp3) is 0.200. The average molecular weight is 414 g/mol. The summed E-state index contributed by atoms with van der Waals surface area (Å²) in [7, 11) is 0. The highest BCUT2D eigenvalue weighted by atomic mass is 32.2. The molecule has 2 amide bonds. The number of carbonyl (C=O) groups excluding carboxylic acids is 4. The van der Waals surface area contributed by atoms with Crippen LogP contribution in [0.4, 0.5) is 11.4 Å². The minimum atomic E-state index is -0.676. The number of benzene rings is 2. The Morgan fingerprint density at radius 2 is 1.72 bits per heavy atom. The second-order valence-corrected chi connectivity index (χ2v) is 6.99. The number of hydrogen-bond donors (Lipinski definition) is 2. The molecule has 29 heavy (non-hydrogen) atoms. The normalized spacial score (nSPS) is 12.4. The molecular weight excluding hydrogens is 396 g/mol. The molecule has 0 atom stereocenters. The summed E-state index contributed by atoms with van der Waals surface area (Å²) >= 11 is 1.38.